The van der Waals surface area contributed by atoms with Crippen molar-refractivity contribution in [3.63, 3.8) is 0 Å². The van der Waals surface area contributed by atoms with Crippen molar-refractivity contribution in [2.24, 2.45) is 0 Å². The van der Waals surface area contributed by atoms with Crippen LogP contribution in [0.1, 0.15) is 22.8 Å². The first-order valence-corrected chi connectivity index (χ1v) is 10.1. The molecular formula is C20H16F3N3O3S. The van der Waals surface area contributed by atoms with Gasteiger partial charge in [0.25, 0.3) is 0 Å². The Morgan fingerprint density at radius 1 is 0.967 bits per heavy atom. The summed E-state index contributed by atoms with van der Waals surface area (Å²) in [5.41, 5.74) is 1.38. The summed E-state index contributed by atoms with van der Waals surface area (Å²) >= 11 is 0. The fourth-order valence-electron chi connectivity index (χ4n) is 2.37. The highest BCUT2D eigenvalue weighted by atomic mass is 32.2. The van der Waals surface area contributed by atoms with Crippen LogP contribution < -0.4 is 4.72 Å². The van der Waals surface area contributed by atoms with Gasteiger partial charge in [-0.3, -0.25) is 0 Å². The third-order valence-corrected chi connectivity index (χ3v) is 5.20. The molecule has 6 nitrogen and oxygen atoms in total. The van der Waals surface area contributed by atoms with Gasteiger partial charge in [-0.15, -0.1) is 0 Å². The van der Waals surface area contributed by atoms with Crippen molar-refractivity contribution in [3.8, 4) is 0 Å². The molecule has 0 saturated heterocycles. The van der Waals surface area contributed by atoms with Gasteiger partial charge in [-0.05, 0) is 29.3 Å². The zero-order valence-electron chi connectivity index (χ0n) is 15.4. The average molecular weight is 435 g/mol. The Hall–Kier alpha value is -3.24. The molecule has 0 radical (unpaired) electrons. The summed E-state index contributed by atoms with van der Waals surface area (Å²) in [5, 5.41) is 3.21. The van der Waals surface area contributed by atoms with E-state index >= 15 is 0 Å². The molecule has 1 N–H and O–H groups in total. The van der Waals surface area contributed by atoms with Gasteiger partial charge >= 0.3 is 12.1 Å². The van der Waals surface area contributed by atoms with E-state index in [0.717, 1.165) is 5.56 Å². The quantitative estimate of drug-likeness (QED) is 0.600. The molecule has 2 aromatic carbocycles. The lowest BCUT2D eigenvalue weighted by molar-refractivity contribution is -0.159. The number of sulfonamides is 1. The minimum Gasteiger partial charge on any atom is -0.329 e. The minimum absolute atomic E-state index is 0.0156. The van der Waals surface area contributed by atoms with Crippen molar-refractivity contribution in [1.82, 2.24) is 14.9 Å². The molecule has 3 rings (SSSR count). The van der Waals surface area contributed by atoms with Gasteiger partial charge in [0.05, 0.1) is 4.90 Å². The molecule has 30 heavy (non-hydrogen) atoms. The van der Waals surface area contributed by atoms with Crippen LogP contribution in [-0.2, 0) is 16.2 Å². The zero-order chi connectivity index (χ0) is 21.6. The Morgan fingerprint density at radius 2 is 1.70 bits per heavy atom. The fraction of sp³-hybridized carbons (Fsp3) is 0.100. The fourth-order valence-corrected chi connectivity index (χ4v) is 3.41. The first kappa shape index (κ1) is 21.5. The van der Waals surface area contributed by atoms with E-state index in [0.29, 0.717) is 5.56 Å². The Balaban J connectivity index is 1.66. The maximum atomic E-state index is 12.5. The second-order valence-corrected chi connectivity index (χ2v) is 7.79. The number of hydrogen-bond donors (Lipinski definition) is 1. The number of hydrogen-bond acceptors (Lipinski definition) is 5. The minimum atomic E-state index is -4.73. The molecule has 0 spiro atoms. The first-order chi connectivity index (χ1) is 14.2. The summed E-state index contributed by atoms with van der Waals surface area (Å²) in [5.74, 6) is -1.73. The third-order valence-electron chi connectivity index (χ3n) is 3.78. The average Bonchev–Trinajstić information content (AvgIpc) is 3.20. The maximum Gasteiger partial charge on any atom is 0.471 e. The van der Waals surface area contributed by atoms with Crippen molar-refractivity contribution in [1.29, 1.82) is 0 Å². The third kappa shape index (κ3) is 5.88. The Morgan fingerprint density at radius 3 is 2.40 bits per heavy atom. The number of nitrogens with zero attached hydrogens (tertiary/aromatic N) is 2. The lowest BCUT2D eigenvalue weighted by Gasteiger charge is -2.05. The number of aromatic nitrogens is 2. The number of nitrogens with one attached hydrogen (secondary N) is 1. The van der Waals surface area contributed by atoms with Crippen molar-refractivity contribution < 1.29 is 26.1 Å². The van der Waals surface area contributed by atoms with Crippen LogP contribution in [-0.4, -0.2) is 25.1 Å². The summed E-state index contributed by atoms with van der Waals surface area (Å²) in [6.45, 7) is 0.0976. The van der Waals surface area contributed by atoms with Crippen LogP contribution in [0.5, 0.6) is 0 Å². The zero-order valence-corrected chi connectivity index (χ0v) is 16.2. The molecule has 3 aromatic rings. The molecule has 0 fully saturated rings. The molecule has 0 bridgehead atoms. The molecule has 0 aliphatic heterocycles. The molecule has 0 saturated carbocycles. The highest BCUT2D eigenvalue weighted by Crippen LogP contribution is 2.27. The highest BCUT2D eigenvalue weighted by molar-refractivity contribution is 7.89. The van der Waals surface area contributed by atoms with Crippen molar-refractivity contribution in [3.05, 3.63) is 83.5 Å². The molecule has 1 aromatic heterocycles. The number of halogens is 3. The van der Waals surface area contributed by atoms with E-state index in [1.807, 2.05) is 30.3 Å². The maximum absolute atomic E-state index is 12.5. The van der Waals surface area contributed by atoms with Crippen LogP contribution in [0.15, 0.2) is 70.1 Å². The van der Waals surface area contributed by atoms with Gasteiger partial charge < -0.3 is 4.52 Å². The molecule has 156 valence electrons. The summed E-state index contributed by atoms with van der Waals surface area (Å²) in [6, 6.07) is 15.3. The molecule has 0 atom stereocenters. The Labute approximate surface area is 170 Å². The van der Waals surface area contributed by atoms with Crippen LogP contribution in [0.25, 0.3) is 18.2 Å². The van der Waals surface area contributed by atoms with Gasteiger partial charge in [0, 0.05) is 6.54 Å². The summed E-state index contributed by atoms with van der Waals surface area (Å²) in [7, 11) is -3.77. The largest absolute Gasteiger partial charge is 0.471 e. The number of alkyl halides is 3. The van der Waals surface area contributed by atoms with E-state index in [2.05, 4.69) is 19.4 Å². The van der Waals surface area contributed by atoms with Gasteiger partial charge in [0.15, 0.2) is 5.82 Å². The molecule has 0 aliphatic rings. The van der Waals surface area contributed by atoms with Gasteiger partial charge in [-0.1, -0.05) is 65.8 Å². The molecular weight excluding hydrogens is 419 g/mol. The normalized spacial score (nSPS) is 12.8. The lowest BCUT2D eigenvalue weighted by atomic mass is 10.2. The van der Waals surface area contributed by atoms with Crippen LogP contribution >= 0.6 is 0 Å². The highest BCUT2D eigenvalue weighted by Gasteiger charge is 2.38. The summed E-state index contributed by atoms with van der Waals surface area (Å²) in [4.78, 5) is 3.23. The molecule has 0 unspecified atom stereocenters. The number of benzene rings is 2. The first-order valence-electron chi connectivity index (χ1n) is 8.64. The molecule has 1 heterocycles. The van der Waals surface area contributed by atoms with Crippen LogP contribution in [0.4, 0.5) is 13.2 Å². The van der Waals surface area contributed by atoms with Crippen molar-refractivity contribution in [2.45, 2.75) is 11.1 Å². The van der Waals surface area contributed by atoms with E-state index in [1.165, 1.54) is 30.4 Å². The predicted molar refractivity (Wildman–Crippen MR) is 105 cm³/mol. The smallest absolute Gasteiger partial charge is 0.329 e. The van der Waals surface area contributed by atoms with Crippen LogP contribution in [0.2, 0.25) is 0 Å². The van der Waals surface area contributed by atoms with Crippen molar-refractivity contribution >= 4 is 28.3 Å². The van der Waals surface area contributed by atoms with Gasteiger partial charge in [-0.2, -0.15) is 18.2 Å². The van der Waals surface area contributed by atoms with Gasteiger partial charge in [0.2, 0.25) is 10.0 Å². The van der Waals surface area contributed by atoms with E-state index in [-0.39, 0.29) is 17.3 Å². The second-order valence-electron chi connectivity index (χ2n) is 6.03. The molecule has 0 aliphatic carbocycles. The topological polar surface area (TPSA) is 85.1 Å². The lowest BCUT2D eigenvalue weighted by Crippen LogP contribution is -2.23. The predicted octanol–water partition coefficient (Wildman–Crippen LogP) is 4.25. The standard InChI is InChI=1S/C20H16F3N3O3S/c21-20(22,23)19-25-18(26-29-19)12-11-16-8-4-10-17(14-16)30(27,28)24-13-5-9-15-6-2-1-3-7-15/h1-12,14,24H,13H2/b9-5+,12-11?. The Bertz CT molecular complexity index is 1150. The summed E-state index contributed by atoms with van der Waals surface area (Å²) in [6.07, 6.45) is 1.33. The van der Waals surface area contributed by atoms with Crippen LogP contribution in [0, 0.1) is 0 Å². The van der Waals surface area contributed by atoms with Crippen molar-refractivity contribution in [2.75, 3.05) is 6.54 Å². The second kappa shape index (κ2) is 9.06. The van der Waals surface area contributed by atoms with E-state index < -0.39 is 22.1 Å². The Kier molecular flexibility index (Phi) is 6.48. The molecule has 10 heteroatoms. The number of rotatable bonds is 7. The van der Waals surface area contributed by atoms with E-state index in [1.54, 1.807) is 18.2 Å². The monoisotopic (exact) mass is 435 g/mol. The van der Waals surface area contributed by atoms with E-state index in [4.69, 9.17) is 0 Å². The summed E-state index contributed by atoms with van der Waals surface area (Å²) < 4.78 is 68.9. The molecule has 0 amide bonds. The van der Waals surface area contributed by atoms with Crippen LogP contribution in [0.3, 0.4) is 0 Å². The SMILES string of the molecule is O=S(=O)(NC/C=C/c1ccccc1)c1cccc(C=Cc2noc(C(F)(F)F)n2)c1. The van der Waals surface area contributed by atoms with E-state index in [9.17, 15) is 21.6 Å². The van der Waals surface area contributed by atoms with Gasteiger partial charge in [0.1, 0.15) is 0 Å². The van der Waals surface area contributed by atoms with Gasteiger partial charge in [-0.25, -0.2) is 13.1 Å².